The number of likely N-dealkylation sites (tertiary alicyclic amines) is 1. The lowest BCUT2D eigenvalue weighted by atomic mass is 10.1. The van der Waals surface area contributed by atoms with E-state index in [4.69, 9.17) is 9.84 Å². The van der Waals surface area contributed by atoms with Gasteiger partial charge < -0.3 is 15.2 Å². The van der Waals surface area contributed by atoms with Crippen molar-refractivity contribution in [3.63, 3.8) is 0 Å². The van der Waals surface area contributed by atoms with Gasteiger partial charge in [-0.25, -0.2) is 0 Å². The smallest absolute Gasteiger partial charge is 0.317 e. The number of amides is 1. The van der Waals surface area contributed by atoms with E-state index in [0.717, 1.165) is 49.2 Å². The molecule has 2 rings (SSSR count). The van der Waals surface area contributed by atoms with Crippen molar-refractivity contribution in [3.05, 3.63) is 29.3 Å². The largest absolute Gasteiger partial charge is 0.491 e. The third kappa shape index (κ3) is 7.13. The first-order chi connectivity index (χ1) is 13.4. The zero-order chi connectivity index (χ0) is 20.5. The number of carboxylic acids is 1. The van der Waals surface area contributed by atoms with Crippen LogP contribution in [0.25, 0.3) is 0 Å². The summed E-state index contributed by atoms with van der Waals surface area (Å²) in [5, 5.41) is 11.9. The number of carboxylic acid groups (broad SMARTS) is 1. The maximum Gasteiger partial charge on any atom is 0.317 e. The number of carbonyl (C=O) groups is 2. The van der Waals surface area contributed by atoms with Gasteiger partial charge in [0, 0.05) is 12.6 Å². The van der Waals surface area contributed by atoms with E-state index in [0.29, 0.717) is 19.7 Å². The Bertz CT molecular complexity index is 645. The molecule has 1 saturated heterocycles. The fraction of sp³-hybridized carbons (Fsp3) is 0.619. The first kappa shape index (κ1) is 22.2. The summed E-state index contributed by atoms with van der Waals surface area (Å²) in [7, 11) is 1.86. The van der Waals surface area contributed by atoms with Crippen LogP contribution in [0.1, 0.15) is 30.4 Å². The number of para-hydroxylation sites is 1. The zero-order valence-electron chi connectivity index (χ0n) is 17.2. The van der Waals surface area contributed by atoms with Crippen molar-refractivity contribution in [3.8, 4) is 5.75 Å². The predicted molar refractivity (Wildman–Crippen MR) is 109 cm³/mol. The number of nitrogens with zero attached hydrogens (tertiary/aromatic N) is 2. The van der Waals surface area contributed by atoms with Gasteiger partial charge in [0.05, 0.1) is 19.6 Å². The van der Waals surface area contributed by atoms with Crippen LogP contribution in [-0.4, -0.2) is 79.2 Å². The van der Waals surface area contributed by atoms with Crippen molar-refractivity contribution in [1.29, 1.82) is 0 Å². The summed E-state index contributed by atoms with van der Waals surface area (Å²) in [6, 6.07) is 6.29. The Hall–Kier alpha value is -2.12. The second kappa shape index (κ2) is 11.0. The first-order valence-corrected chi connectivity index (χ1v) is 9.97. The van der Waals surface area contributed by atoms with Gasteiger partial charge in [0.15, 0.2) is 0 Å². The van der Waals surface area contributed by atoms with Crippen LogP contribution in [0.15, 0.2) is 18.2 Å². The number of rotatable bonds is 9. The Morgan fingerprint density at radius 2 is 1.96 bits per heavy atom. The van der Waals surface area contributed by atoms with E-state index in [1.165, 1.54) is 0 Å². The highest BCUT2D eigenvalue weighted by Crippen LogP contribution is 2.22. The van der Waals surface area contributed by atoms with E-state index in [1.807, 2.05) is 44.0 Å². The van der Waals surface area contributed by atoms with Crippen LogP contribution >= 0.6 is 0 Å². The quantitative estimate of drug-likeness (QED) is 0.623. The summed E-state index contributed by atoms with van der Waals surface area (Å²) in [4.78, 5) is 27.2. The highest BCUT2D eigenvalue weighted by atomic mass is 16.5. The minimum Gasteiger partial charge on any atom is -0.491 e. The fourth-order valence-electron chi connectivity index (χ4n) is 3.71. The van der Waals surface area contributed by atoms with Gasteiger partial charge in [0.2, 0.25) is 5.91 Å². The zero-order valence-corrected chi connectivity index (χ0v) is 17.2. The van der Waals surface area contributed by atoms with Gasteiger partial charge in [0.25, 0.3) is 0 Å². The third-order valence-corrected chi connectivity index (χ3v) is 5.24. The maximum absolute atomic E-state index is 12.2. The normalized spacial score (nSPS) is 17.9. The van der Waals surface area contributed by atoms with Crippen molar-refractivity contribution in [2.75, 3.05) is 46.4 Å². The second-order valence-electron chi connectivity index (χ2n) is 7.59. The van der Waals surface area contributed by atoms with Gasteiger partial charge in [-0.2, -0.15) is 0 Å². The van der Waals surface area contributed by atoms with Crippen molar-refractivity contribution in [2.45, 2.75) is 39.2 Å². The number of nitrogens with one attached hydrogen (secondary N) is 1. The molecule has 1 aliphatic heterocycles. The second-order valence-corrected chi connectivity index (χ2v) is 7.59. The van der Waals surface area contributed by atoms with Gasteiger partial charge in [-0.15, -0.1) is 0 Å². The molecule has 28 heavy (non-hydrogen) atoms. The summed E-state index contributed by atoms with van der Waals surface area (Å²) in [6.07, 6.45) is 2.82. The number of benzene rings is 1. The summed E-state index contributed by atoms with van der Waals surface area (Å²) >= 11 is 0. The van der Waals surface area contributed by atoms with Crippen molar-refractivity contribution in [1.82, 2.24) is 15.1 Å². The summed E-state index contributed by atoms with van der Waals surface area (Å²) in [5.74, 6) is 0.0920. The molecule has 0 spiro atoms. The van der Waals surface area contributed by atoms with E-state index in [-0.39, 0.29) is 18.5 Å². The summed E-state index contributed by atoms with van der Waals surface area (Å²) in [5.41, 5.74) is 2.19. The molecular weight excluding hydrogens is 358 g/mol. The predicted octanol–water partition coefficient (Wildman–Crippen LogP) is 1.67. The monoisotopic (exact) mass is 391 g/mol. The lowest BCUT2D eigenvalue weighted by molar-refractivity contribution is -0.138. The van der Waals surface area contributed by atoms with Crippen molar-refractivity contribution >= 4 is 11.9 Å². The van der Waals surface area contributed by atoms with Crippen LogP contribution in [0.3, 0.4) is 0 Å². The molecule has 7 heteroatoms. The number of aliphatic carboxylic acids is 1. The van der Waals surface area contributed by atoms with Crippen LogP contribution < -0.4 is 10.1 Å². The molecule has 156 valence electrons. The minimum absolute atomic E-state index is 0.00226. The van der Waals surface area contributed by atoms with Crippen LogP contribution in [0.4, 0.5) is 0 Å². The Kier molecular flexibility index (Phi) is 8.73. The number of ether oxygens (including phenoxy) is 1. The Morgan fingerprint density at radius 1 is 1.25 bits per heavy atom. The average molecular weight is 392 g/mol. The van der Waals surface area contributed by atoms with Gasteiger partial charge in [0.1, 0.15) is 12.4 Å². The van der Waals surface area contributed by atoms with Crippen molar-refractivity contribution < 1.29 is 19.4 Å². The maximum atomic E-state index is 12.2. The lowest BCUT2D eigenvalue weighted by Gasteiger charge is -2.25. The standard InChI is InChI=1S/C21H33N3O4/c1-16-6-4-7-17(2)21(16)28-13-10-22-19(25)14-24-11-5-8-18(9-12-24)23(3)15-20(26)27/h4,6-7,18H,5,8-15H2,1-3H3,(H,22,25)(H,26,27). The van der Waals surface area contributed by atoms with E-state index < -0.39 is 5.97 Å². The number of carbonyl (C=O) groups excluding carboxylic acids is 1. The van der Waals surface area contributed by atoms with Crippen LogP contribution in [0.5, 0.6) is 5.75 Å². The lowest BCUT2D eigenvalue weighted by Crippen LogP contribution is -2.40. The molecule has 1 amide bonds. The molecule has 1 atom stereocenters. The Labute approximate surface area is 167 Å². The molecule has 0 saturated carbocycles. The number of likely N-dealkylation sites (N-methyl/N-ethyl adjacent to an activating group) is 1. The number of aryl methyl sites for hydroxylation is 2. The fourth-order valence-corrected chi connectivity index (χ4v) is 3.71. The topological polar surface area (TPSA) is 82.1 Å². The van der Waals surface area contributed by atoms with Crippen LogP contribution in [0, 0.1) is 13.8 Å². The molecular formula is C21H33N3O4. The number of hydrogen-bond acceptors (Lipinski definition) is 5. The summed E-state index contributed by atoms with van der Waals surface area (Å²) < 4.78 is 5.82. The van der Waals surface area contributed by atoms with Crippen molar-refractivity contribution in [2.24, 2.45) is 0 Å². The molecule has 0 aromatic heterocycles. The van der Waals surface area contributed by atoms with Gasteiger partial charge in [-0.1, -0.05) is 18.2 Å². The van der Waals surface area contributed by atoms with Gasteiger partial charge >= 0.3 is 5.97 Å². The van der Waals surface area contributed by atoms with E-state index in [9.17, 15) is 9.59 Å². The van der Waals surface area contributed by atoms with E-state index in [2.05, 4.69) is 10.2 Å². The molecule has 1 aromatic rings. The molecule has 1 aliphatic rings. The highest BCUT2D eigenvalue weighted by Gasteiger charge is 2.22. The molecule has 7 nitrogen and oxygen atoms in total. The molecule has 1 unspecified atom stereocenters. The molecule has 0 aliphatic carbocycles. The average Bonchev–Trinajstić information content (AvgIpc) is 2.86. The van der Waals surface area contributed by atoms with Gasteiger partial charge in [-0.3, -0.25) is 19.4 Å². The highest BCUT2D eigenvalue weighted by molar-refractivity contribution is 5.78. The van der Waals surface area contributed by atoms with Crippen LogP contribution in [0.2, 0.25) is 0 Å². The van der Waals surface area contributed by atoms with E-state index >= 15 is 0 Å². The van der Waals surface area contributed by atoms with Gasteiger partial charge in [-0.05, 0) is 57.8 Å². The Balaban J connectivity index is 1.68. The molecule has 0 radical (unpaired) electrons. The molecule has 1 heterocycles. The van der Waals surface area contributed by atoms with E-state index in [1.54, 1.807) is 0 Å². The summed E-state index contributed by atoms with van der Waals surface area (Å²) in [6.45, 7) is 7.06. The van der Waals surface area contributed by atoms with Crippen LogP contribution in [-0.2, 0) is 9.59 Å². The minimum atomic E-state index is -0.800. The third-order valence-electron chi connectivity index (χ3n) is 5.24. The molecule has 0 bridgehead atoms. The number of hydrogen-bond donors (Lipinski definition) is 2. The molecule has 2 N–H and O–H groups in total. The first-order valence-electron chi connectivity index (χ1n) is 9.97. The Morgan fingerprint density at radius 3 is 2.64 bits per heavy atom. The molecule has 1 aromatic carbocycles. The molecule has 1 fully saturated rings. The SMILES string of the molecule is Cc1cccc(C)c1OCCNC(=O)CN1CCCC(N(C)CC(=O)O)CC1.